The number of rotatable bonds is 7. The molecule has 1 aromatic rings. The summed E-state index contributed by atoms with van der Waals surface area (Å²) in [6, 6.07) is 5.57. The van der Waals surface area contributed by atoms with E-state index in [0.717, 1.165) is 6.07 Å². The average Bonchev–Trinajstić information content (AvgIpc) is 3.41. The first-order chi connectivity index (χ1) is 16.9. The molecule has 8 nitrogen and oxygen atoms in total. The molecule has 2 heterocycles. The maximum Gasteiger partial charge on any atom is 0.418 e. The van der Waals surface area contributed by atoms with E-state index in [1.54, 1.807) is 36.6 Å². The van der Waals surface area contributed by atoms with Gasteiger partial charge in [-0.15, -0.1) is 5.10 Å². The fourth-order valence-electron chi connectivity index (χ4n) is 4.47. The molecular formula is C24H30F3N5O3S. The first-order valence-electron chi connectivity index (χ1n) is 11.4. The number of allylic oxidation sites excluding steroid dienone is 3. The van der Waals surface area contributed by atoms with Crippen LogP contribution in [0.1, 0.15) is 26.3 Å². The van der Waals surface area contributed by atoms with Crippen LogP contribution in [0.3, 0.4) is 0 Å². The second-order valence-corrected chi connectivity index (χ2v) is 10.7. The number of halogens is 3. The predicted molar refractivity (Wildman–Crippen MR) is 134 cm³/mol. The number of sulfonamides is 1. The normalized spacial score (nSPS) is 22.0. The minimum Gasteiger partial charge on any atom is -0.370 e. The predicted octanol–water partition coefficient (Wildman–Crippen LogP) is 3.45. The summed E-state index contributed by atoms with van der Waals surface area (Å²) in [5.74, 6) is -0.131. The van der Waals surface area contributed by atoms with Gasteiger partial charge in [0, 0.05) is 43.7 Å². The van der Waals surface area contributed by atoms with Crippen LogP contribution in [0.25, 0.3) is 0 Å². The second kappa shape index (κ2) is 11.0. The van der Waals surface area contributed by atoms with Crippen molar-refractivity contribution in [2.24, 2.45) is 22.0 Å². The Morgan fingerprint density at radius 1 is 1.06 bits per heavy atom. The minimum atomic E-state index is -4.42. The first-order valence-corrected chi connectivity index (χ1v) is 12.9. The number of likely N-dealkylation sites (tertiary alicyclic amines) is 1. The number of alkyl halides is 3. The summed E-state index contributed by atoms with van der Waals surface area (Å²) < 4.78 is 66.2. The highest BCUT2D eigenvalue weighted by molar-refractivity contribution is 7.93. The summed E-state index contributed by atoms with van der Waals surface area (Å²) in [6.45, 7) is 6.55. The van der Waals surface area contributed by atoms with Crippen molar-refractivity contribution in [2.45, 2.75) is 26.9 Å². The summed E-state index contributed by atoms with van der Waals surface area (Å²) in [5.41, 5.74) is 0.117. The Morgan fingerprint density at radius 3 is 2.22 bits per heavy atom. The number of fused-ring (bicyclic) bond motifs is 1. The Labute approximate surface area is 209 Å². The van der Waals surface area contributed by atoms with Crippen molar-refractivity contribution in [1.29, 1.82) is 0 Å². The van der Waals surface area contributed by atoms with E-state index in [2.05, 4.69) is 14.9 Å². The van der Waals surface area contributed by atoms with Gasteiger partial charge in [0.25, 0.3) is 5.91 Å². The van der Waals surface area contributed by atoms with Gasteiger partial charge < -0.3 is 9.80 Å². The van der Waals surface area contributed by atoms with E-state index in [1.165, 1.54) is 37.4 Å². The fourth-order valence-corrected chi connectivity index (χ4v) is 5.26. The molecule has 2 saturated heterocycles. The Morgan fingerprint density at radius 2 is 1.67 bits per heavy atom. The SMILES string of the molecule is C\C=C(/C=C\C(C)=N\N=C(/C)C(=O)N1CC2CN(c3ccccc3C(F)(F)F)C[C@H]2C1)S(=O)(=O)NC. The maximum atomic E-state index is 13.4. The minimum absolute atomic E-state index is 0.0737. The van der Waals surface area contributed by atoms with E-state index in [-0.39, 0.29) is 34.0 Å². The Kier molecular flexibility index (Phi) is 8.40. The summed E-state index contributed by atoms with van der Waals surface area (Å²) in [4.78, 5) is 16.4. The van der Waals surface area contributed by atoms with Crippen molar-refractivity contribution in [3.63, 3.8) is 0 Å². The molecule has 2 aliphatic heterocycles. The van der Waals surface area contributed by atoms with Crippen LogP contribution in [0, 0.1) is 11.8 Å². The molecule has 0 bridgehead atoms. The van der Waals surface area contributed by atoms with Crippen LogP contribution < -0.4 is 9.62 Å². The molecule has 2 atom stereocenters. The number of para-hydroxylation sites is 1. The molecule has 1 unspecified atom stereocenters. The molecule has 0 aliphatic carbocycles. The number of anilines is 1. The van der Waals surface area contributed by atoms with E-state index >= 15 is 0 Å². The molecule has 0 spiro atoms. The standard InChI is InChI=1S/C24H30F3N5O3S/c1-5-20(36(34,35)28-4)11-10-16(2)29-30-17(3)23(33)32-14-18-12-31(13-19(18)15-32)22-9-7-6-8-21(22)24(25,26)27/h5-11,18-19,28H,12-15H2,1-4H3/b11-10-,20-5+,29-16+,30-17+/t18-,19?/m0/s1. The molecule has 196 valence electrons. The maximum absolute atomic E-state index is 13.4. The number of carbonyl (C=O) groups is 1. The Bertz CT molecular complexity index is 1210. The molecule has 1 N–H and O–H groups in total. The lowest BCUT2D eigenvalue weighted by Crippen LogP contribution is -2.36. The molecule has 12 heteroatoms. The van der Waals surface area contributed by atoms with Gasteiger partial charge in [0.15, 0.2) is 0 Å². The van der Waals surface area contributed by atoms with Crippen molar-refractivity contribution >= 4 is 33.0 Å². The van der Waals surface area contributed by atoms with Gasteiger partial charge in [-0.25, -0.2) is 13.1 Å². The lowest BCUT2D eigenvalue weighted by molar-refractivity contribution is -0.137. The third-order valence-corrected chi connectivity index (χ3v) is 7.87. The second-order valence-electron chi connectivity index (χ2n) is 8.81. The van der Waals surface area contributed by atoms with Crippen molar-refractivity contribution in [1.82, 2.24) is 9.62 Å². The smallest absolute Gasteiger partial charge is 0.370 e. The number of carbonyl (C=O) groups excluding carboxylic acids is 1. The van der Waals surface area contributed by atoms with Crippen LogP contribution in [0.5, 0.6) is 0 Å². The zero-order valence-electron chi connectivity index (χ0n) is 20.6. The van der Waals surface area contributed by atoms with Gasteiger partial charge in [-0.3, -0.25) is 4.79 Å². The Hall–Kier alpha value is -2.99. The van der Waals surface area contributed by atoms with Gasteiger partial charge in [-0.2, -0.15) is 18.3 Å². The zero-order valence-corrected chi connectivity index (χ0v) is 21.4. The number of nitrogens with one attached hydrogen (secondary N) is 1. The summed E-state index contributed by atoms with van der Waals surface area (Å²) >= 11 is 0. The summed E-state index contributed by atoms with van der Waals surface area (Å²) in [6.07, 6.45) is -0.102. The van der Waals surface area contributed by atoms with Gasteiger partial charge in [-0.1, -0.05) is 18.2 Å². The van der Waals surface area contributed by atoms with Crippen LogP contribution in [-0.2, 0) is 21.0 Å². The number of benzene rings is 1. The van der Waals surface area contributed by atoms with E-state index in [1.807, 2.05) is 0 Å². The fraction of sp³-hybridized carbons (Fsp3) is 0.458. The molecule has 0 radical (unpaired) electrons. The molecule has 2 fully saturated rings. The van der Waals surface area contributed by atoms with Crippen molar-refractivity contribution in [2.75, 3.05) is 38.1 Å². The zero-order chi connectivity index (χ0) is 26.7. The average molecular weight is 526 g/mol. The lowest BCUT2D eigenvalue weighted by atomic mass is 10.0. The highest BCUT2D eigenvalue weighted by atomic mass is 32.2. The van der Waals surface area contributed by atoms with Gasteiger partial charge in [0.05, 0.1) is 16.2 Å². The number of amides is 1. The molecule has 2 aliphatic rings. The first kappa shape index (κ1) is 27.6. The third kappa shape index (κ3) is 6.22. The van der Waals surface area contributed by atoms with Crippen LogP contribution in [0.2, 0.25) is 0 Å². The summed E-state index contributed by atoms with van der Waals surface area (Å²) in [7, 11) is -2.27. The van der Waals surface area contributed by atoms with Gasteiger partial charge in [0.1, 0.15) is 5.71 Å². The van der Waals surface area contributed by atoms with Crippen LogP contribution in [0.4, 0.5) is 18.9 Å². The number of nitrogens with zero attached hydrogens (tertiary/aromatic N) is 4. The third-order valence-electron chi connectivity index (χ3n) is 6.34. The van der Waals surface area contributed by atoms with Crippen LogP contribution >= 0.6 is 0 Å². The molecule has 1 aromatic carbocycles. The van der Waals surface area contributed by atoms with E-state index < -0.39 is 21.8 Å². The molecule has 0 saturated carbocycles. The molecule has 3 rings (SSSR count). The van der Waals surface area contributed by atoms with Gasteiger partial charge in [0.2, 0.25) is 10.0 Å². The number of hydrogen-bond acceptors (Lipinski definition) is 6. The van der Waals surface area contributed by atoms with Crippen LogP contribution in [0.15, 0.2) is 57.6 Å². The van der Waals surface area contributed by atoms with Crippen molar-refractivity contribution < 1.29 is 26.4 Å². The van der Waals surface area contributed by atoms with Crippen molar-refractivity contribution in [3.8, 4) is 0 Å². The number of hydrogen-bond donors (Lipinski definition) is 1. The monoisotopic (exact) mass is 525 g/mol. The van der Waals surface area contributed by atoms with E-state index in [4.69, 9.17) is 0 Å². The van der Waals surface area contributed by atoms with Gasteiger partial charge >= 0.3 is 6.18 Å². The Balaban J connectivity index is 1.62. The molecule has 0 aromatic heterocycles. The highest BCUT2D eigenvalue weighted by Gasteiger charge is 2.44. The topological polar surface area (TPSA) is 94.4 Å². The summed E-state index contributed by atoms with van der Waals surface area (Å²) in [5, 5.41) is 7.99. The highest BCUT2D eigenvalue weighted by Crippen LogP contribution is 2.40. The molecular weight excluding hydrogens is 495 g/mol. The largest absolute Gasteiger partial charge is 0.418 e. The lowest BCUT2D eigenvalue weighted by Gasteiger charge is -2.25. The van der Waals surface area contributed by atoms with Crippen molar-refractivity contribution in [3.05, 3.63) is 53.0 Å². The van der Waals surface area contributed by atoms with E-state index in [9.17, 15) is 26.4 Å². The molecule has 36 heavy (non-hydrogen) atoms. The van der Waals surface area contributed by atoms with Gasteiger partial charge in [-0.05, 0) is 52.1 Å². The van der Waals surface area contributed by atoms with Crippen LogP contribution in [-0.4, -0.2) is 63.9 Å². The molecule has 1 amide bonds. The van der Waals surface area contributed by atoms with E-state index in [0.29, 0.717) is 31.9 Å². The quantitative estimate of drug-likeness (QED) is 0.335.